The zero-order valence-corrected chi connectivity index (χ0v) is 15.5. The Balaban J connectivity index is 1.99. The number of halogens is 2. The number of nitrogens with zero attached hydrogens (tertiary/aromatic N) is 3. The SMILES string of the molecule is CNC(=O)CSc1nnc(-c2ccc(Cl)cc2Cl)n1Cc1ccco1. The Kier molecular flexibility index (Phi) is 5.67. The van der Waals surface area contributed by atoms with E-state index in [0.717, 1.165) is 5.76 Å². The minimum absolute atomic E-state index is 0.0939. The van der Waals surface area contributed by atoms with Gasteiger partial charge in [0.15, 0.2) is 11.0 Å². The van der Waals surface area contributed by atoms with Gasteiger partial charge in [-0.25, -0.2) is 0 Å². The Bertz CT molecular complexity index is 880. The second-order valence-electron chi connectivity index (χ2n) is 5.06. The first-order valence-electron chi connectivity index (χ1n) is 7.33. The first-order valence-corrected chi connectivity index (χ1v) is 9.07. The molecule has 0 radical (unpaired) electrons. The first kappa shape index (κ1) is 17.8. The third kappa shape index (κ3) is 4.18. The van der Waals surface area contributed by atoms with Crippen molar-refractivity contribution in [3.63, 3.8) is 0 Å². The second kappa shape index (κ2) is 7.95. The minimum atomic E-state index is -0.0939. The average molecular weight is 397 g/mol. The molecule has 0 bridgehead atoms. The summed E-state index contributed by atoms with van der Waals surface area (Å²) in [6.07, 6.45) is 1.60. The van der Waals surface area contributed by atoms with E-state index in [-0.39, 0.29) is 11.7 Å². The molecule has 9 heteroatoms. The highest BCUT2D eigenvalue weighted by molar-refractivity contribution is 7.99. The van der Waals surface area contributed by atoms with E-state index in [1.807, 2.05) is 16.7 Å². The average Bonchev–Trinajstić information content (AvgIpc) is 3.24. The Labute approximate surface area is 158 Å². The van der Waals surface area contributed by atoms with Crippen LogP contribution in [0.1, 0.15) is 5.76 Å². The normalized spacial score (nSPS) is 10.8. The van der Waals surface area contributed by atoms with E-state index in [0.29, 0.717) is 33.1 Å². The molecule has 0 atom stereocenters. The van der Waals surface area contributed by atoms with Crippen LogP contribution in [-0.4, -0.2) is 33.5 Å². The van der Waals surface area contributed by atoms with Gasteiger partial charge in [-0.1, -0.05) is 35.0 Å². The molecule has 3 aromatic rings. The number of hydrogen-bond acceptors (Lipinski definition) is 5. The van der Waals surface area contributed by atoms with Gasteiger partial charge in [0, 0.05) is 17.6 Å². The summed E-state index contributed by atoms with van der Waals surface area (Å²) in [7, 11) is 1.59. The molecule has 2 aromatic heterocycles. The predicted molar refractivity (Wildman–Crippen MR) is 98.1 cm³/mol. The van der Waals surface area contributed by atoms with Crippen LogP contribution in [0.4, 0.5) is 0 Å². The van der Waals surface area contributed by atoms with Crippen LogP contribution in [-0.2, 0) is 11.3 Å². The molecule has 0 aliphatic rings. The van der Waals surface area contributed by atoms with Gasteiger partial charge < -0.3 is 9.73 Å². The van der Waals surface area contributed by atoms with Crippen LogP contribution in [0.5, 0.6) is 0 Å². The van der Waals surface area contributed by atoms with Gasteiger partial charge in [0.05, 0.1) is 23.6 Å². The van der Waals surface area contributed by atoms with Crippen LogP contribution in [0, 0.1) is 0 Å². The number of benzene rings is 1. The lowest BCUT2D eigenvalue weighted by atomic mass is 10.2. The number of rotatable bonds is 6. The number of aromatic nitrogens is 3. The van der Waals surface area contributed by atoms with Crippen LogP contribution in [0.15, 0.2) is 46.2 Å². The molecule has 0 spiro atoms. The molecule has 1 amide bonds. The number of thioether (sulfide) groups is 1. The lowest BCUT2D eigenvalue weighted by molar-refractivity contribution is -0.118. The summed E-state index contributed by atoms with van der Waals surface area (Å²) in [5.41, 5.74) is 0.705. The molecule has 0 saturated carbocycles. The molecule has 2 heterocycles. The quantitative estimate of drug-likeness (QED) is 0.642. The highest BCUT2D eigenvalue weighted by Crippen LogP contribution is 2.32. The highest BCUT2D eigenvalue weighted by Gasteiger charge is 2.18. The fourth-order valence-electron chi connectivity index (χ4n) is 2.17. The zero-order chi connectivity index (χ0) is 17.8. The third-order valence-corrected chi connectivity index (χ3v) is 4.91. The van der Waals surface area contributed by atoms with E-state index in [1.165, 1.54) is 11.8 Å². The maximum absolute atomic E-state index is 11.5. The molecular weight excluding hydrogens is 383 g/mol. The number of hydrogen-bond donors (Lipinski definition) is 1. The van der Waals surface area contributed by atoms with E-state index in [4.69, 9.17) is 27.6 Å². The molecule has 6 nitrogen and oxygen atoms in total. The Morgan fingerprint density at radius 1 is 1.32 bits per heavy atom. The summed E-state index contributed by atoms with van der Waals surface area (Å²) in [5.74, 6) is 1.47. The lowest BCUT2D eigenvalue weighted by Crippen LogP contribution is -2.20. The number of carbonyl (C=O) groups excluding carboxylic acids is 1. The standard InChI is InChI=1S/C16H14Cl2N4O2S/c1-19-14(23)9-25-16-21-20-15(12-5-4-10(17)7-13(12)18)22(16)8-11-3-2-6-24-11/h2-7H,8-9H2,1H3,(H,19,23). The van der Waals surface area contributed by atoms with Crippen LogP contribution in [0.25, 0.3) is 11.4 Å². The Hall–Kier alpha value is -1.96. The van der Waals surface area contributed by atoms with E-state index in [9.17, 15) is 4.79 Å². The van der Waals surface area contributed by atoms with Crippen molar-refractivity contribution in [3.8, 4) is 11.4 Å². The summed E-state index contributed by atoms with van der Waals surface area (Å²) in [6, 6.07) is 8.86. The van der Waals surface area contributed by atoms with Crippen molar-refractivity contribution in [3.05, 3.63) is 52.4 Å². The third-order valence-electron chi connectivity index (χ3n) is 3.39. The topological polar surface area (TPSA) is 73.0 Å². The highest BCUT2D eigenvalue weighted by atomic mass is 35.5. The number of nitrogens with one attached hydrogen (secondary N) is 1. The van der Waals surface area contributed by atoms with Gasteiger partial charge in [0.25, 0.3) is 0 Å². The molecule has 0 fully saturated rings. The molecule has 0 aliphatic carbocycles. The van der Waals surface area contributed by atoms with E-state index < -0.39 is 0 Å². The summed E-state index contributed by atoms with van der Waals surface area (Å²) >= 11 is 13.6. The Morgan fingerprint density at radius 3 is 2.84 bits per heavy atom. The molecule has 0 saturated heterocycles. The molecule has 1 N–H and O–H groups in total. The minimum Gasteiger partial charge on any atom is -0.467 e. The van der Waals surface area contributed by atoms with Crippen molar-refractivity contribution in [2.75, 3.05) is 12.8 Å². The number of amides is 1. The predicted octanol–water partition coefficient (Wildman–Crippen LogP) is 3.73. The molecule has 130 valence electrons. The van der Waals surface area contributed by atoms with Crippen molar-refractivity contribution in [2.24, 2.45) is 0 Å². The Morgan fingerprint density at radius 2 is 2.16 bits per heavy atom. The first-order chi connectivity index (χ1) is 12.1. The molecule has 0 aliphatic heterocycles. The van der Waals surface area contributed by atoms with Gasteiger partial charge in [-0.05, 0) is 30.3 Å². The van der Waals surface area contributed by atoms with Gasteiger partial charge in [-0.3, -0.25) is 9.36 Å². The number of furan rings is 1. The van der Waals surface area contributed by atoms with Gasteiger partial charge >= 0.3 is 0 Å². The monoisotopic (exact) mass is 396 g/mol. The molecule has 25 heavy (non-hydrogen) atoms. The molecular formula is C16H14Cl2N4O2S. The second-order valence-corrected chi connectivity index (χ2v) is 6.84. The summed E-state index contributed by atoms with van der Waals surface area (Å²) in [5, 5.41) is 12.7. The molecule has 1 aromatic carbocycles. The fourth-order valence-corrected chi connectivity index (χ4v) is 3.47. The molecule has 3 rings (SSSR count). The van der Waals surface area contributed by atoms with E-state index in [2.05, 4.69) is 15.5 Å². The van der Waals surface area contributed by atoms with E-state index in [1.54, 1.807) is 31.5 Å². The zero-order valence-electron chi connectivity index (χ0n) is 13.2. The summed E-state index contributed by atoms with van der Waals surface area (Å²) in [4.78, 5) is 11.5. The van der Waals surface area contributed by atoms with Crippen molar-refractivity contribution < 1.29 is 9.21 Å². The maximum atomic E-state index is 11.5. The van der Waals surface area contributed by atoms with Crippen molar-refractivity contribution in [2.45, 2.75) is 11.7 Å². The smallest absolute Gasteiger partial charge is 0.230 e. The summed E-state index contributed by atoms with van der Waals surface area (Å²) < 4.78 is 7.29. The van der Waals surface area contributed by atoms with E-state index >= 15 is 0 Å². The fraction of sp³-hybridized carbons (Fsp3) is 0.188. The van der Waals surface area contributed by atoms with Crippen LogP contribution >= 0.6 is 35.0 Å². The lowest BCUT2D eigenvalue weighted by Gasteiger charge is -2.10. The van der Waals surface area contributed by atoms with Crippen molar-refractivity contribution in [1.82, 2.24) is 20.1 Å². The van der Waals surface area contributed by atoms with Gasteiger partial charge in [-0.15, -0.1) is 10.2 Å². The number of carbonyl (C=O) groups is 1. The van der Waals surface area contributed by atoms with Crippen molar-refractivity contribution in [1.29, 1.82) is 0 Å². The van der Waals surface area contributed by atoms with Crippen LogP contribution < -0.4 is 5.32 Å². The van der Waals surface area contributed by atoms with Crippen LogP contribution in [0.3, 0.4) is 0 Å². The van der Waals surface area contributed by atoms with Gasteiger partial charge in [-0.2, -0.15) is 0 Å². The largest absolute Gasteiger partial charge is 0.467 e. The van der Waals surface area contributed by atoms with Crippen LogP contribution in [0.2, 0.25) is 10.0 Å². The van der Waals surface area contributed by atoms with Gasteiger partial charge in [0.2, 0.25) is 5.91 Å². The molecule has 0 unspecified atom stereocenters. The maximum Gasteiger partial charge on any atom is 0.230 e. The summed E-state index contributed by atoms with van der Waals surface area (Å²) in [6.45, 7) is 0.421. The van der Waals surface area contributed by atoms with Crippen molar-refractivity contribution >= 4 is 40.9 Å². The van der Waals surface area contributed by atoms with Gasteiger partial charge in [0.1, 0.15) is 5.76 Å².